The molecule has 5 heteroatoms. The highest BCUT2D eigenvalue weighted by molar-refractivity contribution is 7.07. The molecular formula is C12H21N3OS. The predicted octanol–water partition coefficient (Wildman–Crippen LogP) is 0.858. The minimum atomic E-state index is 0.162. The minimum Gasteiger partial charge on any atom is -0.340 e. The van der Waals surface area contributed by atoms with Crippen molar-refractivity contribution in [1.29, 1.82) is 0 Å². The zero-order valence-corrected chi connectivity index (χ0v) is 11.6. The van der Waals surface area contributed by atoms with Crippen molar-refractivity contribution in [3.05, 3.63) is 22.4 Å². The maximum absolute atomic E-state index is 11.9. The Morgan fingerprint density at radius 2 is 2.24 bits per heavy atom. The third kappa shape index (κ3) is 5.30. The topological polar surface area (TPSA) is 35.6 Å². The Morgan fingerprint density at radius 3 is 2.82 bits per heavy atom. The Morgan fingerprint density at radius 1 is 1.47 bits per heavy atom. The van der Waals surface area contributed by atoms with Gasteiger partial charge in [0.25, 0.3) is 0 Å². The number of thiophene rings is 1. The molecule has 0 aliphatic carbocycles. The van der Waals surface area contributed by atoms with E-state index in [1.807, 2.05) is 31.4 Å². The van der Waals surface area contributed by atoms with Gasteiger partial charge in [0.2, 0.25) is 5.91 Å². The lowest BCUT2D eigenvalue weighted by atomic mass is 10.3. The van der Waals surface area contributed by atoms with Crippen molar-refractivity contribution in [1.82, 2.24) is 15.1 Å². The second-order valence-corrected chi connectivity index (χ2v) is 5.00. The molecule has 1 rings (SSSR count). The molecule has 1 aromatic heterocycles. The van der Waals surface area contributed by atoms with Gasteiger partial charge in [-0.2, -0.15) is 11.3 Å². The zero-order valence-electron chi connectivity index (χ0n) is 10.8. The van der Waals surface area contributed by atoms with Crippen LogP contribution in [0.25, 0.3) is 0 Å². The quantitative estimate of drug-likeness (QED) is 0.785. The largest absolute Gasteiger partial charge is 0.340 e. The van der Waals surface area contributed by atoms with Gasteiger partial charge in [0, 0.05) is 26.7 Å². The molecule has 1 N–H and O–H groups in total. The molecule has 0 unspecified atom stereocenters. The van der Waals surface area contributed by atoms with Gasteiger partial charge in [0.1, 0.15) is 0 Å². The van der Waals surface area contributed by atoms with Crippen LogP contribution in [0.4, 0.5) is 0 Å². The SMILES string of the molecule is CNCCN(C)CC(=O)N(C)Cc1ccsc1. The van der Waals surface area contributed by atoms with Crippen molar-refractivity contribution < 1.29 is 4.79 Å². The number of nitrogens with zero attached hydrogens (tertiary/aromatic N) is 2. The zero-order chi connectivity index (χ0) is 12.7. The van der Waals surface area contributed by atoms with Crippen LogP contribution in [0.1, 0.15) is 5.56 Å². The summed E-state index contributed by atoms with van der Waals surface area (Å²) in [6, 6.07) is 2.05. The molecule has 0 aliphatic heterocycles. The summed E-state index contributed by atoms with van der Waals surface area (Å²) in [7, 11) is 5.73. The van der Waals surface area contributed by atoms with Crippen LogP contribution in [-0.4, -0.2) is 56.5 Å². The van der Waals surface area contributed by atoms with Gasteiger partial charge >= 0.3 is 0 Å². The van der Waals surface area contributed by atoms with E-state index in [4.69, 9.17) is 0 Å². The van der Waals surface area contributed by atoms with Crippen LogP contribution in [0.15, 0.2) is 16.8 Å². The number of nitrogens with one attached hydrogen (secondary N) is 1. The van der Waals surface area contributed by atoms with Gasteiger partial charge in [-0.15, -0.1) is 0 Å². The van der Waals surface area contributed by atoms with E-state index in [0.29, 0.717) is 13.1 Å². The first-order chi connectivity index (χ1) is 8.13. The standard InChI is InChI=1S/C12H21N3OS/c1-13-5-6-14(2)9-12(16)15(3)8-11-4-7-17-10-11/h4,7,10,13H,5-6,8-9H2,1-3H3. The molecule has 0 saturated carbocycles. The molecule has 4 nitrogen and oxygen atoms in total. The third-order valence-corrected chi connectivity index (χ3v) is 3.31. The highest BCUT2D eigenvalue weighted by atomic mass is 32.1. The smallest absolute Gasteiger partial charge is 0.236 e. The Labute approximate surface area is 107 Å². The van der Waals surface area contributed by atoms with Gasteiger partial charge in [-0.05, 0) is 36.5 Å². The molecule has 1 aromatic rings. The van der Waals surface area contributed by atoms with Gasteiger partial charge in [0.05, 0.1) is 6.54 Å². The van der Waals surface area contributed by atoms with E-state index in [0.717, 1.165) is 13.1 Å². The van der Waals surface area contributed by atoms with Crippen molar-refractivity contribution >= 4 is 17.2 Å². The van der Waals surface area contributed by atoms with Crippen molar-refractivity contribution in [3.63, 3.8) is 0 Å². The molecule has 0 atom stereocenters. The number of carbonyl (C=O) groups is 1. The normalized spacial score (nSPS) is 10.8. The summed E-state index contributed by atoms with van der Waals surface area (Å²) in [4.78, 5) is 15.7. The fourth-order valence-corrected chi connectivity index (χ4v) is 2.14. The molecule has 0 saturated heterocycles. The molecule has 0 radical (unpaired) electrons. The molecular weight excluding hydrogens is 234 g/mol. The fraction of sp³-hybridized carbons (Fsp3) is 0.583. The first kappa shape index (κ1) is 14.2. The summed E-state index contributed by atoms with van der Waals surface area (Å²) >= 11 is 1.66. The van der Waals surface area contributed by atoms with Gasteiger partial charge in [-0.1, -0.05) is 0 Å². The van der Waals surface area contributed by atoms with Gasteiger partial charge < -0.3 is 10.2 Å². The lowest BCUT2D eigenvalue weighted by Crippen LogP contribution is -2.38. The van der Waals surface area contributed by atoms with Crippen LogP contribution in [0.5, 0.6) is 0 Å². The number of carbonyl (C=O) groups excluding carboxylic acids is 1. The maximum Gasteiger partial charge on any atom is 0.236 e. The maximum atomic E-state index is 11.9. The molecule has 1 amide bonds. The van der Waals surface area contributed by atoms with E-state index >= 15 is 0 Å². The van der Waals surface area contributed by atoms with Gasteiger partial charge in [0.15, 0.2) is 0 Å². The van der Waals surface area contributed by atoms with E-state index in [-0.39, 0.29) is 5.91 Å². The molecule has 0 fully saturated rings. The first-order valence-corrected chi connectivity index (χ1v) is 6.66. The summed E-state index contributed by atoms with van der Waals surface area (Å²) in [5.74, 6) is 0.162. The molecule has 1 heterocycles. The van der Waals surface area contributed by atoms with Crippen LogP contribution >= 0.6 is 11.3 Å². The summed E-state index contributed by atoms with van der Waals surface area (Å²) < 4.78 is 0. The van der Waals surface area contributed by atoms with Crippen LogP contribution in [0.3, 0.4) is 0 Å². The predicted molar refractivity (Wildman–Crippen MR) is 72.2 cm³/mol. The number of likely N-dealkylation sites (N-methyl/N-ethyl adjacent to an activating group) is 3. The van der Waals surface area contributed by atoms with Crippen molar-refractivity contribution in [2.45, 2.75) is 6.54 Å². The number of hydrogen-bond donors (Lipinski definition) is 1. The second kappa shape index (κ2) is 7.42. The molecule has 96 valence electrons. The van der Waals surface area contributed by atoms with Gasteiger partial charge in [-0.3, -0.25) is 9.69 Å². The van der Waals surface area contributed by atoms with E-state index in [1.54, 1.807) is 16.2 Å². The van der Waals surface area contributed by atoms with E-state index in [1.165, 1.54) is 5.56 Å². The average molecular weight is 255 g/mol. The lowest BCUT2D eigenvalue weighted by Gasteiger charge is -2.21. The number of amides is 1. The Hall–Kier alpha value is -0.910. The van der Waals surface area contributed by atoms with Gasteiger partial charge in [-0.25, -0.2) is 0 Å². The Balaban J connectivity index is 2.31. The lowest BCUT2D eigenvalue weighted by molar-refractivity contribution is -0.131. The fourth-order valence-electron chi connectivity index (χ4n) is 1.48. The Kier molecular flexibility index (Phi) is 6.18. The first-order valence-electron chi connectivity index (χ1n) is 5.71. The third-order valence-electron chi connectivity index (χ3n) is 2.57. The monoisotopic (exact) mass is 255 g/mol. The van der Waals surface area contributed by atoms with Crippen LogP contribution in [0, 0.1) is 0 Å². The van der Waals surface area contributed by atoms with E-state index < -0.39 is 0 Å². The summed E-state index contributed by atoms with van der Waals surface area (Å²) in [5, 5.41) is 7.18. The Bertz CT molecular complexity index is 327. The molecule has 17 heavy (non-hydrogen) atoms. The van der Waals surface area contributed by atoms with Crippen molar-refractivity contribution in [3.8, 4) is 0 Å². The van der Waals surface area contributed by atoms with Crippen LogP contribution in [-0.2, 0) is 11.3 Å². The van der Waals surface area contributed by atoms with Crippen molar-refractivity contribution in [2.24, 2.45) is 0 Å². The van der Waals surface area contributed by atoms with Crippen molar-refractivity contribution in [2.75, 3.05) is 40.8 Å². The van der Waals surface area contributed by atoms with Crippen LogP contribution < -0.4 is 5.32 Å². The minimum absolute atomic E-state index is 0.162. The molecule has 0 aliphatic rings. The van der Waals surface area contributed by atoms with Crippen LogP contribution in [0.2, 0.25) is 0 Å². The summed E-state index contributed by atoms with van der Waals surface area (Å²) in [6.45, 7) is 2.96. The second-order valence-electron chi connectivity index (χ2n) is 4.22. The summed E-state index contributed by atoms with van der Waals surface area (Å²) in [5.41, 5.74) is 1.20. The molecule has 0 aromatic carbocycles. The number of hydrogen-bond acceptors (Lipinski definition) is 4. The highest BCUT2D eigenvalue weighted by Crippen LogP contribution is 2.08. The van der Waals surface area contributed by atoms with E-state index in [2.05, 4.69) is 16.8 Å². The number of rotatable bonds is 7. The van der Waals surface area contributed by atoms with E-state index in [9.17, 15) is 4.79 Å². The summed E-state index contributed by atoms with van der Waals surface area (Å²) in [6.07, 6.45) is 0. The highest BCUT2D eigenvalue weighted by Gasteiger charge is 2.11. The molecule has 0 bridgehead atoms. The molecule has 0 spiro atoms. The average Bonchev–Trinajstić information content (AvgIpc) is 2.78.